The second-order valence-corrected chi connectivity index (χ2v) is 8.45. The van der Waals surface area contributed by atoms with Crippen molar-refractivity contribution in [3.63, 3.8) is 0 Å². The summed E-state index contributed by atoms with van der Waals surface area (Å²) in [5, 5.41) is 0. The van der Waals surface area contributed by atoms with E-state index in [1.807, 2.05) is 0 Å². The molecule has 0 N–H and O–H groups in total. The van der Waals surface area contributed by atoms with E-state index in [0.29, 0.717) is 5.56 Å². The number of nitrogens with zero attached hydrogens (tertiary/aromatic N) is 1. The fourth-order valence-corrected chi connectivity index (χ4v) is 3.26. The molecule has 0 heterocycles. The van der Waals surface area contributed by atoms with E-state index >= 15 is 0 Å². The molecular formula is C13H18BrF2NOS. The van der Waals surface area contributed by atoms with Gasteiger partial charge in [0.15, 0.2) is 0 Å². The Balaban J connectivity index is 3.04. The van der Waals surface area contributed by atoms with Gasteiger partial charge in [-0.1, -0.05) is 28.1 Å². The van der Waals surface area contributed by atoms with E-state index in [9.17, 15) is 13.3 Å². The van der Waals surface area contributed by atoms with Gasteiger partial charge in [0.25, 0.3) is 6.43 Å². The first-order chi connectivity index (χ1) is 8.64. The maximum absolute atomic E-state index is 13.3. The fourth-order valence-electron chi connectivity index (χ4n) is 1.71. The molecule has 0 aliphatic heterocycles. The van der Waals surface area contributed by atoms with Gasteiger partial charge in [-0.05, 0) is 38.5 Å². The van der Waals surface area contributed by atoms with Gasteiger partial charge in [-0.15, -0.1) is 4.31 Å². The molecule has 108 valence electrons. The lowest BCUT2D eigenvalue weighted by Gasteiger charge is -2.34. The van der Waals surface area contributed by atoms with Crippen LogP contribution in [0, 0.1) is 0 Å². The molecular weight excluding hydrogens is 336 g/mol. The molecule has 1 aromatic rings. The summed E-state index contributed by atoms with van der Waals surface area (Å²) in [6, 6.07) is 5.49. The van der Waals surface area contributed by atoms with Gasteiger partial charge in [0.1, 0.15) is 10.8 Å². The maximum atomic E-state index is 13.3. The number of rotatable bonds is 4. The maximum Gasteiger partial charge on any atom is 0.262 e. The molecule has 0 saturated heterocycles. The summed E-state index contributed by atoms with van der Waals surface area (Å²) >= 11 is 1.77. The van der Waals surface area contributed by atoms with Crippen molar-refractivity contribution in [2.75, 3.05) is 7.05 Å². The van der Waals surface area contributed by atoms with E-state index in [-0.39, 0.29) is 0 Å². The molecule has 0 aromatic heterocycles. The van der Waals surface area contributed by atoms with Crippen molar-refractivity contribution in [3.8, 4) is 0 Å². The van der Waals surface area contributed by atoms with Crippen LogP contribution < -0.4 is 0 Å². The highest BCUT2D eigenvalue weighted by molar-refractivity contribution is 9.10. The second kappa shape index (κ2) is 6.52. The Bertz CT molecular complexity index is 408. The third-order valence-corrected chi connectivity index (χ3v) is 4.95. The average molecular weight is 354 g/mol. The topological polar surface area (TPSA) is 26.3 Å². The standard InChI is InChI=1S/C13H18BrF2NOS/c1-13(2,3)19(18)17(4)11(12(15)16)9-5-7-10(14)8-6-9/h5-8,11-12H,1-4H3/t11-,19+/m0/s1. The third kappa shape index (κ3) is 4.41. The first-order valence-corrected chi connectivity index (χ1v) is 7.73. The number of benzene rings is 1. The molecule has 2 atom stereocenters. The number of hydrogen-bond acceptors (Lipinski definition) is 2. The Morgan fingerprint density at radius 1 is 1.21 bits per heavy atom. The van der Waals surface area contributed by atoms with Crippen molar-refractivity contribution in [2.45, 2.75) is 38.0 Å². The van der Waals surface area contributed by atoms with Gasteiger partial charge in [0.2, 0.25) is 0 Å². The van der Waals surface area contributed by atoms with Crippen molar-refractivity contribution in [3.05, 3.63) is 34.3 Å². The molecule has 0 amide bonds. The first kappa shape index (κ1) is 16.9. The highest BCUT2D eigenvalue weighted by Crippen LogP contribution is 2.33. The van der Waals surface area contributed by atoms with Crippen molar-refractivity contribution in [1.29, 1.82) is 0 Å². The summed E-state index contributed by atoms with van der Waals surface area (Å²) in [6.07, 6.45) is -2.60. The first-order valence-electron chi connectivity index (χ1n) is 5.83. The van der Waals surface area contributed by atoms with E-state index in [2.05, 4.69) is 15.9 Å². The molecule has 2 nitrogen and oxygen atoms in total. The summed E-state index contributed by atoms with van der Waals surface area (Å²) in [7, 11) is 1.47. The molecule has 19 heavy (non-hydrogen) atoms. The average Bonchev–Trinajstić information content (AvgIpc) is 2.29. The summed E-state index contributed by atoms with van der Waals surface area (Å²) < 4.78 is 40.3. The highest BCUT2D eigenvalue weighted by atomic mass is 79.9. The van der Waals surface area contributed by atoms with Gasteiger partial charge in [-0.25, -0.2) is 8.78 Å². The molecule has 1 rings (SSSR count). The largest absolute Gasteiger partial charge is 0.597 e. The van der Waals surface area contributed by atoms with E-state index in [4.69, 9.17) is 0 Å². The van der Waals surface area contributed by atoms with Gasteiger partial charge >= 0.3 is 0 Å². The van der Waals surface area contributed by atoms with Gasteiger partial charge in [0, 0.05) is 22.9 Å². The monoisotopic (exact) mass is 353 g/mol. The van der Waals surface area contributed by atoms with E-state index in [0.717, 1.165) is 4.47 Å². The predicted molar refractivity (Wildman–Crippen MR) is 78.5 cm³/mol. The molecule has 0 unspecified atom stereocenters. The Labute approximate surface area is 124 Å². The lowest BCUT2D eigenvalue weighted by molar-refractivity contribution is 0.0692. The Kier molecular flexibility index (Phi) is 5.79. The van der Waals surface area contributed by atoms with E-state index in [1.54, 1.807) is 45.0 Å². The Morgan fingerprint density at radius 2 is 1.68 bits per heavy atom. The van der Waals surface area contributed by atoms with Crippen molar-refractivity contribution in [1.82, 2.24) is 4.31 Å². The van der Waals surface area contributed by atoms with Crippen LogP contribution in [0.4, 0.5) is 8.78 Å². The van der Waals surface area contributed by atoms with Crippen LogP contribution in [0.3, 0.4) is 0 Å². The molecule has 6 heteroatoms. The van der Waals surface area contributed by atoms with Crippen LogP contribution in [0.2, 0.25) is 0 Å². The van der Waals surface area contributed by atoms with Crippen LogP contribution >= 0.6 is 15.9 Å². The molecule has 0 fully saturated rings. The zero-order chi connectivity index (χ0) is 14.8. The van der Waals surface area contributed by atoms with Crippen molar-refractivity contribution in [2.24, 2.45) is 0 Å². The zero-order valence-corrected chi connectivity index (χ0v) is 13.8. The molecule has 0 aliphatic carbocycles. The highest BCUT2D eigenvalue weighted by Gasteiger charge is 2.39. The minimum atomic E-state index is -2.60. The van der Waals surface area contributed by atoms with Gasteiger partial charge in [0.05, 0.1) is 0 Å². The van der Waals surface area contributed by atoms with E-state index < -0.39 is 28.6 Å². The fraction of sp³-hybridized carbons (Fsp3) is 0.538. The molecule has 0 radical (unpaired) electrons. The van der Waals surface area contributed by atoms with Crippen LogP contribution in [0.5, 0.6) is 0 Å². The normalized spacial score (nSPS) is 15.9. The number of alkyl halides is 2. The summed E-state index contributed by atoms with van der Waals surface area (Å²) in [5.41, 5.74) is 0.457. The smallest absolute Gasteiger partial charge is 0.262 e. The summed E-state index contributed by atoms with van der Waals surface area (Å²) in [5.74, 6) is 0. The van der Waals surface area contributed by atoms with Gasteiger partial charge in [-0.3, -0.25) is 0 Å². The SMILES string of the molecule is CN([C@@H](c1ccc(Br)cc1)C(F)F)[S@+]([O-])C(C)(C)C. The number of hydrogen-bond donors (Lipinski definition) is 0. The molecule has 0 saturated carbocycles. The number of halogens is 3. The van der Waals surface area contributed by atoms with Crippen LogP contribution in [-0.2, 0) is 11.4 Å². The van der Waals surface area contributed by atoms with Crippen LogP contribution in [0.25, 0.3) is 0 Å². The van der Waals surface area contributed by atoms with Gasteiger partial charge in [-0.2, -0.15) is 0 Å². The zero-order valence-electron chi connectivity index (χ0n) is 11.4. The molecule has 0 bridgehead atoms. The predicted octanol–water partition coefficient (Wildman–Crippen LogP) is 4.15. The molecule has 0 aliphatic rings. The van der Waals surface area contributed by atoms with Crippen LogP contribution in [0.15, 0.2) is 28.7 Å². The van der Waals surface area contributed by atoms with Crippen molar-refractivity contribution >= 4 is 27.3 Å². The lowest BCUT2D eigenvalue weighted by atomic mass is 10.1. The van der Waals surface area contributed by atoms with Crippen molar-refractivity contribution < 1.29 is 13.3 Å². The van der Waals surface area contributed by atoms with Crippen LogP contribution in [0.1, 0.15) is 32.4 Å². The van der Waals surface area contributed by atoms with Crippen LogP contribution in [-0.4, -0.2) is 27.1 Å². The summed E-state index contributed by atoms with van der Waals surface area (Å²) in [6.45, 7) is 5.30. The molecule has 1 aromatic carbocycles. The molecule has 0 spiro atoms. The van der Waals surface area contributed by atoms with Gasteiger partial charge < -0.3 is 4.55 Å². The lowest BCUT2D eigenvalue weighted by Crippen LogP contribution is -2.44. The van der Waals surface area contributed by atoms with E-state index in [1.165, 1.54) is 11.4 Å². The minimum absolute atomic E-state index is 0.457. The minimum Gasteiger partial charge on any atom is -0.597 e. The summed E-state index contributed by atoms with van der Waals surface area (Å²) in [4.78, 5) is 0. The third-order valence-electron chi connectivity index (χ3n) is 2.63. The quantitative estimate of drug-likeness (QED) is 0.760. The Morgan fingerprint density at radius 3 is 2.05 bits per heavy atom. The Hall–Kier alpha value is -0.170. The second-order valence-electron chi connectivity index (χ2n) is 5.24.